The molecule has 0 radical (unpaired) electrons. The zero-order chi connectivity index (χ0) is 14.6. The first kappa shape index (κ1) is 15.3. The van der Waals surface area contributed by atoms with Crippen molar-refractivity contribution < 1.29 is 32.6 Å². The molecule has 1 amide bonds. The Bertz CT molecular complexity index is 369. The normalized spacial score (nSPS) is 23.8. The largest absolute Gasteiger partial charge is 0.480 e. The van der Waals surface area contributed by atoms with Crippen LogP contribution < -0.4 is 0 Å². The van der Waals surface area contributed by atoms with Gasteiger partial charge in [0.1, 0.15) is 12.6 Å². The van der Waals surface area contributed by atoms with Crippen LogP contribution in [0.2, 0.25) is 0 Å². The Morgan fingerprint density at radius 3 is 2.58 bits per heavy atom. The van der Waals surface area contributed by atoms with Crippen LogP contribution in [-0.4, -0.2) is 47.4 Å². The van der Waals surface area contributed by atoms with Gasteiger partial charge in [0, 0.05) is 6.54 Å². The van der Waals surface area contributed by atoms with Crippen molar-refractivity contribution >= 4 is 12.1 Å². The average molecular weight is 281 g/mol. The number of piperidine rings is 1. The van der Waals surface area contributed by atoms with E-state index in [1.807, 2.05) is 0 Å². The second-order valence-electron chi connectivity index (χ2n) is 4.18. The van der Waals surface area contributed by atoms with Crippen LogP contribution >= 0.6 is 0 Å². The van der Waals surface area contributed by atoms with Crippen LogP contribution in [0.4, 0.5) is 18.0 Å². The summed E-state index contributed by atoms with van der Waals surface area (Å²) in [6.45, 7) is 2.90. The minimum atomic E-state index is -4.45. The van der Waals surface area contributed by atoms with Crippen molar-refractivity contribution in [3.8, 4) is 0 Å². The molecule has 0 aromatic heterocycles. The van der Waals surface area contributed by atoms with Gasteiger partial charge in [0.2, 0.25) is 0 Å². The first-order valence-corrected chi connectivity index (χ1v) is 5.61. The van der Waals surface area contributed by atoms with Gasteiger partial charge < -0.3 is 9.84 Å². The Hall–Kier alpha value is -1.73. The topological polar surface area (TPSA) is 66.8 Å². The maximum absolute atomic E-state index is 12.6. The van der Waals surface area contributed by atoms with Crippen molar-refractivity contribution in [1.82, 2.24) is 4.90 Å². The van der Waals surface area contributed by atoms with Crippen molar-refractivity contribution in [3.63, 3.8) is 0 Å². The van der Waals surface area contributed by atoms with Crippen LogP contribution in [0, 0.1) is 5.92 Å². The molecule has 108 valence electrons. The maximum Gasteiger partial charge on any atom is 0.410 e. The Labute approximate surface area is 107 Å². The predicted octanol–water partition coefficient (Wildman–Crippen LogP) is 2.04. The van der Waals surface area contributed by atoms with E-state index in [1.165, 1.54) is 6.08 Å². The van der Waals surface area contributed by atoms with Crippen molar-refractivity contribution in [1.29, 1.82) is 0 Å². The fourth-order valence-corrected chi connectivity index (χ4v) is 1.93. The molecule has 0 saturated carbocycles. The molecule has 1 rings (SSSR count). The summed E-state index contributed by atoms with van der Waals surface area (Å²) in [4.78, 5) is 23.3. The summed E-state index contributed by atoms with van der Waals surface area (Å²) in [5, 5.41) is 8.93. The van der Waals surface area contributed by atoms with Gasteiger partial charge in [0.25, 0.3) is 0 Å². The third-order valence-corrected chi connectivity index (χ3v) is 2.91. The molecular formula is C11H14F3NO4. The van der Waals surface area contributed by atoms with E-state index in [1.54, 1.807) is 0 Å². The standard InChI is InChI=1S/C11H14F3NO4/c1-2-5-19-10(18)15-4-3-7(11(12,13)14)6-8(15)9(16)17/h2,7-8H,1,3-6H2,(H,16,17)/t7-,8+/m1/s1. The number of halogens is 3. The third kappa shape index (κ3) is 3.87. The lowest BCUT2D eigenvalue weighted by molar-refractivity contribution is -0.191. The molecule has 0 bridgehead atoms. The molecule has 0 spiro atoms. The van der Waals surface area contributed by atoms with E-state index in [9.17, 15) is 22.8 Å². The number of carboxylic acids is 1. The van der Waals surface area contributed by atoms with Crippen molar-refractivity contribution in [2.45, 2.75) is 25.1 Å². The van der Waals surface area contributed by atoms with Crippen LogP contribution in [0.5, 0.6) is 0 Å². The predicted molar refractivity (Wildman–Crippen MR) is 58.5 cm³/mol. The summed E-state index contributed by atoms with van der Waals surface area (Å²) >= 11 is 0. The van der Waals surface area contributed by atoms with Crippen molar-refractivity contribution in [3.05, 3.63) is 12.7 Å². The van der Waals surface area contributed by atoms with Crippen molar-refractivity contribution in [2.24, 2.45) is 5.92 Å². The van der Waals surface area contributed by atoms with Crippen LogP contribution in [0.15, 0.2) is 12.7 Å². The Morgan fingerprint density at radius 2 is 2.11 bits per heavy atom. The van der Waals surface area contributed by atoms with Gasteiger partial charge in [-0.15, -0.1) is 0 Å². The maximum atomic E-state index is 12.6. The summed E-state index contributed by atoms with van der Waals surface area (Å²) in [6.07, 6.45) is -5.08. The molecule has 0 aromatic rings. The second-order valence-corrected chi connectivity index (χ2v) is 4.18. The van der Waals surface area contributed by atoms with Crippen LogP contribution in [0.1, 0.15) is 12.8 Å². The molecular weight excluding hydrogens is 267 g/mol. The van der Waals surface area contributed by atoms with Crippen LogP contribution in [0.3, 0.4) is 0 Å². The van der Waals surface area contributed by atoms with Gasteiger partial charge in [-0.3, -0.25) is 4.90 Å². The smallest absolute Gasteiger partial charge is 0.410 e. The molecule has 2 atom stereocenters. The number of rotatable bonds is 3. The molecule has 0 aromatic carbocycles. The van der Waals surface area contributed by atoms with E-state index in [0.29, 0.717) is 0 Å². The van der Waals surface area contributed by atoms with E-state index in [0.717, 1.165) is 4.90 Å². The number of likely N-dealkylation sites (tertiary alicyclic amines) is 1. The van der Waals surface area contributed by atoms with Gasteiger partial charge in [-0.2, -0.15) is 13.2 Å². The van der Waals surface area contributed by atoms with E-state index in [-0.39, 0.29) is 19.6 Å². The molecule has 5 nitrogen and oxygen atoms in total. The lowest BCUT2D eigenvalue weighted by atomic mass is 9.90. The van der Waals surface area contributed by atoms with Gasteiger partial charge in [-0.25, -0.2) is 9.59 Å². The first-order valence-electron chi connectivity index (χ1n) is 5.61. The SMILES string of the molecule is C=CCOC(=O)N1CC[C@@H](C(F)(F)F)C[C@H]1C(=O)O. The molecule has 19 heavy (non-hydrogen) atoms. The number of carbonyl (C=O) groups excluding carboxylic acids is 1. The lowest BCUT2D eigenvalue weighted by Crippen LogP contribution is -2.52. The van der Waals surface area contributed by atoms with Gasteiger partial charge in [-0.1, -0.05) is 12.7 Å². The number of hydrogen-bond acceptors (Lipinski definition) is 3. The van der Waals surface area contributed by atoms with E-state index in [4.69, 9.17) is 5.11 Å². The minimum absolute atomic E-state index is 0.121. The first-order chi connectivity index (χ1) is 8.77. The highest BCUT2D eigenvalue weighted by molar-refractivity contribution is 5.80. The van der Waals surface area contributed by atoms with Gasteiger partial charge in [0.05, 0.1) is 5.92 Å². The van der Waals surface area contributed by atoms with E-state index in [2.05, 4.69) is 11.3 Å². The van der Waals surface area contributed by atoms with Crippen LogP contribution in [-0.2, 0) is 9.53 Å². The molecule has 0 unspecified atom stereocenters. The monoisotopic (exact) mass is 281 g/mol. The molecule has 1 heterocycles. The molecule has 1 aliphatic rings. The third-order valence-electron chi connectivity index (χ3n) is 2.91. The van der Waals surface area contributed by atoms with Gasteiger partial charge in [0.15, 0.2) is 0 Å². The number of aliphatic carboxylic acids is 1. The summed E-state index contributed by atoms with van der Waals surface area (Å²) < 4.78 is 42.4. The number of hydrogen-bond donors (Lipinski definition) is 1. The molecule has 1 fully saturated rings. The molecule has 8 heteroatoms. The summed E-state index contributed by atoms with van der Waals surface area (Å²) in [5.74, 6) is -3.18. The Morgan fingerprint density at radius 1 is 1.47 bits per heavy atom. The second kappa shape index (κ2) is 5.94. The van der Waals surface area contributed by atoms with Crippen LogP contribution in [0.25, 0.3) is 0 Å². The highest BCUT2D eigenvalue weighted by Crippen LogP contribution is 2.36. The fraction of sp³-hybridized carbons (Fsp3) is 0.636. The fourth-order valence-electron chi connectivity index (χ4n) is 1.93. The van der Waals surface area contributed by atoms with E-state index >= 15 is 0 Å². The minimum Gasteiger partial charge on any atom is -0.480 e. The number of nitrogens with zero attached hydrogens (tertiary/aromatic N) is 1. The zero-order valence-electron chi connectivity index (χ0n) is 10.0. The number of carboxylic acid groups (broad SMARTS) is 1. The highest BCUT2D eigenvalue weighted by atomic mass is 19.4. The molecule has 0 aliphatic carbocycles. The lowest BCUT2D eigenvalue weighted by Gasteiger charge is -2.36. The Kier molecular flexibility index (Phi) is 4.79. The van der Waals surface area contributed by atoms with E-state index < -0.39 is 36.6 Å². The zero-order valence-corrected chi connectivity index (χ0v) is 10.0. The van der Waals surface area contributed by atoms with Gasteiger partial charge >= 0.3 is 18.2 Å². The molecule has 1 aliphatic heterocycles. The number of alkyl halides is 3. The number of amides is 1. The summed E-state index contributed by atoms with van der Waals surface area (Å²) in [7, 11) is 0. The number of carbonyl (C=O) groups is 2. The quantitative estimate of drug-likeness (QED) is 0.804. The number of ether oxygens (including phenoxy) is 1. The Balaban J connectivity index is 2.77. The summed E-state index contributed by atoms with van der Waals surface area (Å²) in [6, 6.07) is -1.52. The van der Waals surface area contributed by atoms with Gasteiger partial charge in [-0.05, 0) is 12.8 Å². The highest BCUT2D eigenvalue weighted by Gasteiger charge is 2.47. The summed E-state index contributed by atoms with van der Waals surface area (Å²) in [5.41, 5.74) is 0. The average Bonchev–Trinajstić information content (AvgIpc) is 2.34. The van der Waals surface area contributed by atoms with Crippen molar-refractivity contribution in [2.75, 3.05) is 13.2 Å². The molecule has 1 N–H and O–H groups in total. The molecule has 1 saturated heterocycles.